The number of ether oxygens (including phenoxy) is 1. The van der Waals surface area contributed by atoms with Crippen LogP contribution in [-0.2, 0) is 6.42 Å². The summed E-state index contributed by atoms with van der Waals surface area (Å²) in [5, 5.41) is 10.9. The van der Waals surface area contributed by atoms with E-state index in [1.807, 2.05) is 6.92 Å². The second kappa shape index (κ2) is 6.02. The van der Waals surface area contributed by atoms with Gasteiger partial charge < -0.3 is 10.5 Å². The van der Waals surface area contributed by atoms with Crippen LogP contribution in [0.3, 0.4) is 0 Å². The van der Waals surface area contributed by atoms with Crippen molar-refractivity contribution in [2.75, 3.05) is 6.61 Å². The molecular formula is C14H20N2O3. The van der Waals surface area contributed by atoms with Crippen LogP contribution in [0.4, 0.5) is 5.69 Å². The fraction of sp³-hybridized carbons (Fsp3) is 0.571. The van der Waals surface area contributed by atoms with Gasteiger partial charge in [-0.3, -0.25) is 10.1 Å². The van der Waals surface area contributed by atoms with Crippen molar-refractivity contribution >= 4 is 5.69 Å². The lowest BCUT2D eigenvalue weighted by molar-refractivity contribution is -0.385. The third-order valence-electron chi connectivity index (χ3n) is 3.38. The molecule has 0 amide bonds. The predicted molar refractivity (Wildman–Crippen MR) is 73.3 cm³/mol. The second-order valence-electron chi connectivity index (χ2n) is 5.11. The molecule has 19 heavy (non-hydrogen) atoms. The first-order valence-electron chi connectivity index (χ1n) is 6.77. The molecule has 0 heterocycles. The summed E-state index contributed by atoms with van der Waals surface area (Å²) < 4.78 is 5.46. The van der Waals surface area contributed by atoms with Gasteiger partial charge in [-0.2, -0.15) is 0 Å². The molecule has 5 nitrogen and oxygen atoms in total. The smallest absolute Gasteiger partial charge is 0.310 e. The number of nitro groups is 1. The molecule has 0 bridgehead atoms. The molecule has 104 valence electrons. The normalized spacial score (nSPS) is 16.1. The highest BCUT2D eigenvalue weighted by Crippen LogP contribution is 2.34. The highest BCUT2D eigenvalue weighted by atomic mass is 16.6. The van der Waals surface area contributed by atoms with E-state index in [1.165, 1.54) is 18.9 Å². The van der Waals surface area contributed by atoms with Crippen molar-refractivity contribution < 1.29 is 9.66 Å². The lowest BCUT2D eigenvalue weighted by Gasteiger charge is -2.12. The minimum atomic E-state index is -0.407. The topological polar surface area (TPSA) is 78.4 Å². The average molecular weight is 264 g/mol. The number of hydrogen-bond donors (Lipinski definition) is 1. The SMILES string of the molecule is CCCOc1cc(CC(N)C2CC2)ccc1[N+](=O)[O-]. The first-order chi connectivity index (χ1) is 9.11. The summed E-state index contributed by atoms with van der Waals surface area (Å²) in [6.07, 6.45) is 3.98. The van der Waals surface area contributed by atoms with Crippen LogP contribution in [0.25, 0.3) is 0 Å². The van der Waals surface area contributed by atoms with Crippen molar-refractivity contribution in [2.24, 2.45) is 11.7 Å². The maximum Gasteiger partial charge on any atom is 0.310 e. The van der Waals surface area contributed by atoms with Gasteiger partial charge in [-0.1, -0.05) is 13.0 Å². The standard InChI is InChI=1S/C14H20N2O3/c1-2-7-19-14-9-10(3-6-13(14)16(17)18)8-12(15)11-4-5-11/h3,6,9,11-12H,2,4-5,7-8,15H2,1H3. The van der Waals surface area contributed by atoms with Gasteiger partial charge in [0.1, 0.15) is 0 Å². The maximum absolute atomic E-state index is 10.9. The molecule has 0 aromatic heterocycles. The number of nitro benzene ring substituents is 1. The first kappa shape index (κ1) is 13.8. The summed E-state index contributed by atoms with van der Waals surface area (Å²) in [5.41, 5.74) is 7.12. The van der Waals surface area contributed by atoms with E-state index in [-0.39, 0.29) is 11.7 Å². The fourth-order valence-electron chi connectivity index (χ4n) is 2.13. The van der Waals surface area contributed by atoms with Crippen LogP contribution in [0, 0.1) is 16.0 Å². The Bertz CT molecular complexity index is 458. The minimum absolute atomic E-state index is 0.0252. The molecule has 1 aromatic carbocycles. The highest BCUT2D eigenvalue weighted by molar-refractivity contribution is 5.48. The van der Waals surface area contributed by atoms with Crippen LogP contribution in [0.1, 0.15) is 31.7 Å². The Hall–Kier alpha value is -1.62. The number of benzene rings is 1. The number of rotatable bonds is 7. The first-order valence-corrected chi connectivity index (χ1v) is 6.77. The Morgan fingerprint density at radius 2 is 2.26 bits per heavy atom. The third-order valence-corrected chi connectivity index (χ3v) is 3.38. The molecule has 1 saturated carbocycles. The molecule has 1 aliphatic rings. The van der Waals surface area contributed by atoms with Gasteiger partial charge in [0.15, 0.2) is 5.75 Å². The summed E-state index contributed by atoms with van der Waals surface area (Å²) in [6.45, 7) is 2.46. The van der Waals surface area contributed by atoms with Crippen molar-refractivity contribution in [1.29, 1.82) is 0 Å². The summed E-state index contributed by atoms with van der Waals surface area (Å²) >= 11 is 0. The summed E-state index contributed by atoms with van der Waals surface area (Å²) in [7, 11) is 0. The molecule has 5 heteroatoms. The predicted octanol–water partition coefficient (Wildman–Crippen LogP) is 2.66. The Kier molecular flexibility index (Phi) is 4.37. The Morgan fingerprint density at radius 3 is 2.84 bits per heavy atom. The van der Waals surface area contributed by atoms with Crippen molar-refractivity contribution in [3.63, 3.8) is 0 Å². The average Bonchev–Trinajstić information content (AvgIpc) is 3.20. The van der Waals surface area contributed by atoms with Crippen molar-refractivity contribution in [2.45, 2.75) is 38.6 Å². The monoisotopic (exact) mass is 264 g/mol. The second-order valence-corrected chi connectivity index (χ2v) is 5.11. The Morgan fingerprint density at radius 1 is 1.53 bits per heavy atom. The van der Waals surface area contributed by atoms with E-state index < -0.39 is 4.92 Å². The summed E-state index contributed by atoms with van der Waals surface area (Å²) in [4.78, 5) is 10.5. The van der Waals surface area contributed by atoms with E-state index in [2.05, 4.69) is 0 Å². The molecule has 0 radical (unpaired) electrons. The van der Waals surface area contributed by atoms with Crippen LogP contribution < -0.4 is 10.5 Å². The quantitative estimate of drug-likeness (QED) is 0.606. The molecule has 0 saturated heterocycles. The largest absolute Gasteiger partial charge is 0.487 e. The van der Waals surface area contributed by atoms with Gasteiger partial charge in [0.05, 0.1) is 11.5 Å². The van der Waals surface area contributed by atoms with Crippen LogP contribution >= 0.6 is 0 Å². The lowest BCUT2D eigenvalue weighted by atomic mass is 10.0. The minimum Gasteiger partial charge on any atom is -0.487 e. The zero-order valence-corrected chi connectivity index (χ0v) is 11.2. The van der Waals surface area contributed by atoms with E-state index in [1.54, 1.807) is 12.1 Å². The zero-order chi connectivity index (χ0) is 13.8. The molecule has 1 aromatic rings. The summed E-state index contributed by atoms with van der Waals surface area (Å²) in [5.74, 6) is 0.975. The van der Waals surface area contributed by atoms with Gasteiger partial charge in [-0.25, -0.2) is 0 Å². The van der Waals surface area contributed by atoms with Crippen LogP contribution in [0.15, 0.2) is 18.2 Å². The molecule has 0 aliphatic heterocycles. The van der Waals surface area contributed by atoms with Crippen molar-refractivity contribution in [1.82, 2.24) is 0 Å². The van der Waals surface area contributed by atoms with E-state index in [0.717, 1.165) is 18.4 Å². The molecule has 1 unspecified atom stereocenters. The van der Waals surface area contributed by atoms with Gasteiger partial charge >= 0.3 is 5.69 Å². The molecular weight excluding hydrogens is 244 g/mol. The van der Waals surface area contributed by atoms with Crippen LogP contribution in [-0.4, -0.2) is 17.6 Å². The van der Waals surface area contributed by atoms with E-state index in [0.29, 0.717) is 18.3 Å². The number of nitrogens with zero attached hydrogens (tertiary/aromatic N) is 1. The van der Waals surface area contributed by atoms with Crippen molar-refractivity contribution in [3.05, 3.63) is 33.9 Å². The van der Waals surface area contributed by atoms with Gasteiger partial charge in [0, 0.05) is 12.1 Å². The van der Waals surface area contributed by atoms with Crippen LogP contribution in [0.5, 0.6) is 5.75 Å². The molecule has 1 fully saturated rings. The molecule has 2 N–H and O–H groups in total. The van der Waals surface area contributed by atoms with Gasteiger partial charge in [-0.05, 0) is 43.2 Å². The zero-order valence-electron chi connectivity index (χ0n) is 11.2. The lowest BCUT2D eigenvalue weighted by Crippen LogP contribution is -2.25. The summed E-state index contributed by atoms with van der Waals surface area (Å²) in [6, 6.07) is 5.20. The van der Waals surface area contributed by atoms with Gasteiger partial charge in [0.2, 0.25) is 0 Å². The fourth-order valence-corrected chi connectivity index (χ4v) is 2.13. The maximum atomic E-state index is 10.9. The Labute approximate surface area is 112 Å². The number of hydrogen-bond acceptors (Lipinski definition) is 4. The van der Waals surface area contributed by atoms with Crippen LogP contribution in [0.2, 0.25) is 0 Å². The van der Waals surface area contributed by atoms with E-state index >= 15 is 0 Å². The molecule has 1 atom stereocenters. The van der Waals surface area contributed by atoms with E-state index in [9.17, 15) is 10.1 Å². The van der Waals surface area contributed by atoms with E-state index in [4.69, 9.17) is 10.5 Å². The van der Waals surface area contributed by atoms with Gasteiger partial charge in [-0.15, -0.1) is 0 Å². The molecule has 0 spiro atoms. The molecule has 1 aliphatic carbocycles. The van der Waals surface area contributed by atoms with Crippen molar-refractivity contribution in [3.8, 4) is 5.75 Å². The highest BCUT2D eigenvalue weighted by Gasteiger charge is 2.28. The number of nitrogens with two attached hydrogens (primary N) is 1. The Balaban J connectivity index is 2.13. The van der Waals surface area contributed by atoms with Gasteiger partial charge in [0.25, 0.3) is 0 Å². The third kappa shape index (κ3) is 3.67. The molecule has 2 rings (SSSR count).